The molecule has 1 aromatic heterocycles. The van der Waals surface area contributed by atoms with E-state index in [-0.39, 0.29) is 6.61 Å². The molecule has 1 atom stereocenters. The number of nitrogens with zero attached hydrogens (tertiary/aromatic N) is 2. The molecule has 1 aliphatic heterocycles. The predicted octanol–water partition coefficient (Wildman–Crippen LogP) is 0.680. The van der Waals surface area contributed by atoms with Crippen LogP contribution in [0.3, 0.4) is 0 Å². The van der Waals surface area contributed by atoms with Crippen LogP contribution in [0, 0.1) is 6.92 Å². The third-order valence-electron chi connectivity index (χ3n) is 2.63. The van der Waals surface area contributed by atoms with Gasteiger partial charge in [-0.1, -0.05) is 0 Å². The van der Waals surface area contributed by atoms with Gasteiger partial charge in [0.1, 0.15) is 0 Å². The predicted molar refractivity (Wildman–Crippen MR) is 58.6 cm³/mol. The van der Waals surface area contributed by atoms with Gasteiger partial charge in [0.2, 0.25) is 0 Å². The number of anilines is 1. The van der Waals surface area contributed by atoms with Crippen molar-refractivity contribution >= 4 is 11.7 Å². The molecular weight excluding hydrogens is 208 g/mol. The molecule has 0 saturated carbocycles. The largest absolute Gasteiger partial charge is 0.480 e. The number of hydrogen-bond acceptors (Lipinski definition) is 4. The average molecular weight is 222 g/mol. The first-order valence-corrected chi connectivity index (χ1v) is 5.18. The van der Waals surface area contributed by atoms with Crippen LogP contribution in [0.5, 0.6) is 0 Å². The standard InChI is InChI=1S/C11H14N2O3/c1-8-6-9(2-3-12-8)13-4-5-16-7-10(13)11(14)15/h2-3,6,10H,4-5,7H2,1H3,(H,14,15). The first-order chi connectivity index (χ1) is 7.68. The van der Waals surface area contributed by atoms with E-state index in [0.29, 0.717) is 13.2 Å². The van der Waals surface area contributed by atoms with E-state index in [2.05, 4.69) is 4.98 Å². The second-order valence-corrected chi connectivity index (χ2v) is 3.78. The Labute approximate surface area is 93.7 Å². The first kappa shape index (κ1) is 10.9. The third kappa shape index (κ3) is 2.14. The number of morpholine rings is 1. The second-order valence-electron chi connectivity index (χ2n) is 3.78. The molecule has 16 heavy (non-hydrogen) atoms. The molecule has 86 valence electrons. The summed E-state index contributed by atoms with van der Waals surface area (Å²) in [4.78, 5) is 17.0. The van der Waals surface area contributed by atoms with E-state index < -0.39 is 12.0 Å². The monoisotopic (exact) mass is 222 g/mol. The fourth-order valence-electron chi connectivity index (χ4n) is 1.83. The summed E-state index contributed by atoms with van der Waals surface area (Å²) in [6.45, 7) is 3.28. The summed E-state index contributed by atoms with van der Waals surface area (Å²) >= 11 is 0. The SMILES string of the molecule is Cc1cc(N2CCOCC2C(=O)O)ccn1. The highest BCUT2D eigenvalue weighted by molar-refractivity contribution is 5.78. The van der Waals surface area contributed by atoms with Crippen molar-refractivity contribution in [2.24, 2.45) is 0 Å². The van der Waals surface area contributed by atoms with Crippen molar-refractivity contribution in [1.82, 2.24) is 4.98 Å². The molecule has 2 heterocycles. The lowest BCUT2D eigenvalue weighted by Gasteiger charge is -2.34. The number of aryl methyl sites for hydroxylation is 1. The van der Waals surface area contributed by atoms with Gasteiger partial charge >= 0.3 is 5.97 Å². The van der Waals surface area contributed by atoms with Crippen LogP contribution < -0.4 is 4.90 Å². The number of rotatable bonds is 2. The Balaban J connectivity index is 2.26. The summed E-state index contributed by atoms with van der Waals surface area (Å²) in [5, 5.41) is 9.10. The second kappa shape index (κ2) is 4.49. The molecule has 2 rings (SSSR count). The maximum absolute atomic E-state index is 11.1. The van der Waals surface area contributed by atoms with Crippen molar-refractivity contribution < 1.29 is 14.6 Å². The summed E-state index contributed by atoms with van der Waals surface area (Å²) in [6.07, 6.45) is 1.69. The molecule has 1 saturated heterocycles. The lowest BCUT2D eigenvalue weighted by Crippen LogP contribution is -2.50. The highest BCUT2D eigenvalue weighted by Crippen LogP contribution is 2.19. The normalized spacial score (nSPS) is 20.8. The Morgan fingerprint density at radius 1 is 1.69 bits per heavy atom. The van der Waals surface area contributed by atoms with E-state index in [4.69, 9.17) is 9.84 Å². The van der Waals surface area contributed by atoms with Crippen molar-refractivity contribution in [3.05, 3.63) is 24.0 Å². The summed E-state index contributed by atoms with van der Waals surface area (Å²) in [7, 11) is 0. The molecular formula is C11H14N2O3. The molecule has 0 amide bonds. The number of carboxylic acids is 1. The van der Waals surface area contributed by atoms with E-state index >= 15 is 0 Å². The van der Waals surface area contributed by atoms with Gasteiger partial charge in [0.05, 0.1) is 13.2 Å². The minimum absolute atomic E-state index is 0.233. The fraction of sp³-hybridized carbons (Fsp3) is 0.455. The van der Waals surface area contributed by atoms with Gasteiger partial charge in [-0.25, -0.2) is 4.79 Å². The summed E-state index contributed by atoms with van der Waals surface area (Å²) in [5.41, 5.74) is 1.77. The topological polar surface area (TPSA) is 62.7 Å². The number of ether oxygens (including phenoxy) is 1. The minimum atomic E-state index is -0.853. The molecule has 0 bridgehead atoms. The Hall–Kier alpha value is -1.62. The van der Waals surface area contributed by atoms with E-state index in [1.54, 1.807) is 6.20 Å². The molecule has 0 aromatic carbocycles. The molecule has 1 aromatic rings. The molecule has 5 nitrogen and oxygen atoms in total. The average Bonchev–Trinajstić information content (AvgIpc) is 2.29. The smallest absolute Gasteiger partial charge is 0.328 e. The van der Waals surface area contributed by atoms with Crippen LogP contribution in [-0.4, -0.2) is 41.9 Å². The maximum atomic E-state index is 11.1. The summed E-state index contributed by atoms with van der Waals surface area (Å²) in [5.74, 6) is -0.853. The number of aliphatic carboxylic acids is 1. The van der Waals surface area contributed by atoms with E-state index in [9.17, 15) is 4.79 Å². The number of carbonyl (C=O) groups is 1. The molecule has 1 fully saturated rings. The van der Waals surface area contributed by atoms with E-state index in [0.717, 1.165) is 11.4 Å². The van der Waals surface area contributed by atoms with Crippen LogP contribution in [0.4, 0.5) is 5.69 Å². The number of carboxylic acid groups (broad SMARTS) is 1. The summed E-state index contributed by atoms with van der Waals surface area (Å²) < 4.78 is 5.19. The van der Waals surface area contributed by atoms with Gasteiger partial charge in [-0.05, 0) is 19.1 Å². The maximum Gasteiger partial charge on any atom is 0.328 e. The number of pyridine rings is 1. The first-order valence-electron chi connectivity index (χ1n) is 5.18. The molecule has 0 aliphatic carbocycles. The van der Waals surface area contributed by atoms with Crippen LogP contribution >= 0.6 is 0 Å². The zero-order valence-electron chi connectivity index (χ0n) is 9.09. The van der Waals surface area contributed by atoms with Crippen LogP contribution in [0.15, 0.2) is 18.3 Å². The van der Waals surface area contributed by atoms with Crippen molar-refractivity contribution in [1.29, 1.82) is 0 Å². The Morgan fingerprint density at radius 2 is 2.50 bits per heavy atom. The van der Waals surface area contributed by atoms with Gasteiger partial charge in [0.25, 0.3) is 0 Å². The van der Waals surface area contributed by atoms with Crippen LogP contribution in [0.1, 0.15) is 5.69 Å². The van der Waals surface area contributed by atoms with Crippen molar-refractivity contribution in [2.45, 2.75) is 13.0 Å². The molecule has 1 unspecified atom stereocenters. The highest BCUT2D eigenvalue weighted by atomic mass is 16.5. The lowest BCUT2D eigenvalue weighted by atomic mass is 10.2. The van der Waals surface area contributed by atoms with Gasteiger partial charge in [0.15, 0.2) is 6.04 Å². The molecule has 1 aliphatic rings. The minimum Gasteiger partial charge on any atom is -0.480 e. The molecule has 1 N–H and O–H groups in total. The van der Waals surface area contributed by atoms with E-state index in [1.807, 2.05) is 24.0 Å². The highest BCUT2D eigenvalue weighted by Gasteiger charge is 2.29. The molecule has 5 heteroatoms. The fourth-order valence-corrected chi connectivity index (χ4v) is 1.83. The van der Waals surface area contributed by atoms with Gasteiger partial charge in [-0.15, -0.1) is 0 Å². The van der Waals surface area contributed by atoms with Crippen molar-refractivity contribution in [3.8, 4) is 0 Å². The van der Waals surface area contributed by atoms with Crippen molar-refractivity contribution in [3.63, 3.8) is 0 Å². The van der Waals surface area contributed by atoms with Crippen LogP contribution in [0.2, 0.25) is 0 Å². The van der Waals surface area contributed by atoms with Gasteiger partial charge in [-0.2, -0.15) is 0 Å². The molecule has 0 radical (unpaired) electrons. The van der Waals surface area contributed by atoms with Gasteiger partial charge in [0, 0.05) is 24.1 Å². The third-order valence-corrected chi connectivity index (χ3v) is 2.63. The number of aromatic nitrogens is 1. The molecule has 0 spiro atoms. The zero-order valence-corrected chi connectivity index (χ0v) is 9.09. The number of hydrogen-bond donors (Lipinski definition) is 1. The quantitative estimate of drug-likeness (QED) is 0.797. The summed E-state index contributed by atoms with van der Waals surface area (Å²) in [6, 6.07) is 3.12. The van der Waals surface area contributed by atoms with E-state index in [1.165, 1.54) is 0 Å². The van der Waals surface area contributed by atoms with Crippen molar-refractivity contribution in [2.75, 3.05) is 24.7 Å². The Morgan fingerprint density at radius 3 is 3.19 bits per heavy atom. The Kier molecular flexibility index (Phi) is 3.05. The lowest BCUT2D eigenvalue weighted by molar-refractivity contribution is -0.141. The van der Waals surface area contributed by atoms with Crippen LogP contribution in [-0.2, 0) is 9.53 Å². The van der Waals surface area contributed by atoms with Crippen LogP contribution in [0.25, 0.3) is 0 Å². The van der Waals surface area contributed by atoms with Gasteiger partial charge < -0.3 is 14.7 Å². The Bertz CT molecular complexity index is 395. The van der Waals surface area contributed by atoms with Gasteiger partial charge in [-0.3, -0.25) is 4.98 Å². The zero-order chi connectivity index (χ0) is 11.5.